The van der Waals surface area contributed by atoms with E-state index in [0.29, 0.717) is 6.04 Å². The molecule has 18 heavy (non-hydrogen) atoms. The molecular formula is C15H25BrN2. The molecule has 0 aliphatic heterocycles. The monoisotopic (exact) mass is 312 g/mol. The van der Waals surface area contributed by atoms with E-state index < -0.39 is 0 Å². The zero-order chi connectivity index (χ0) is 13.7. The van der Waals surface area contributed by atoms with Gasteiger partial charge < -0.3 is 10.2 Å². The number of benzene rings is 1. The maximum atomic E-state index is 3.56. The summed E-state index contributed by atoms with van der Waals surface area (Å²) in [6.45, 7) is 7.84. The summed E-state index contributed by atoms with van der Waals surface area (Å²) in [5.74, 6) is 0.744. The second-order valence-electron chi connectivity index (χ2n) is 5.32. The highest BCUT2D eigenvalue weighted by atomic mass is 79.9. The van der Waals surface area contributed by atoms with Gasteiger partial charge in [0.15, 0.2) is 0 Å². The quantitative estimate of drug-likeness (QED) is 0.846. The number of anilines is 1. The zero-order valence-corrected chi connectivity index (χ0v) is 13.7. The van der Waals surface area contributed by atoms with Gasteiger partial charge in [-0.2, -0.15) is 0 Å². The maximum Gasteiger partial charge on any atom is 0.0412 e. The van der Waals surface area contributed by atoms with Gasteiger partial charge in [0, 0.05) is 29.8 Å². The van der Waals surface area contributed by atoms with Gasteiger partial charge in [-0.05, 0) is 50.1 Å². The highest BCUT2D eigenvalue weighted by molar-refractivity contribution is 9.10. The van der Waals surface area contributed by atoms with E-state index in [2.05, 4.69) is 72.2 Å². The molecule has 0 bridgehead atoms. The molecule has 1 aromatic rings. The lowest BCUT2D eigenvalue weighted by atomic mass is 10.0. The maximum absolute atomic E-state index is 3.56. The molecular weight excluding hydrogens is 288 g/mol. The van der Waals surface area contributed by atoms with E-state index in [1.807, 2.05) is 7.05 Å². The Bertz CT molecular complexity index is 377. The van der Waals surface area contributed by atoms with Crippen LogP contribution in [0.25, 0.3) is 0 Å². The minimum Gasteiger partial charge on any atom is -0.374 e. The van der Waals surface area contributed by atoms with E-state index in [1.165, 1.54) is 17.7 Å². The van der Waals surface area contributed by atoms with Crippen molar-refractivity contribution in [2.75, 3.05) is 25.5 Å². The summed E-state index contributed by atoms with van der Waals surface area (Å²) in [7, 11) is 4.18. The zero-order valence-electron chi connectivity index (χ0n) is 12.1. The van der Waals surface area contributed by atoms with E-state index in [1.54, 1.807) is 0 Å². The Labute approximate surface area is 120 Å². The predicted octanol–water partition coefficient (Wildman–Crippen LogP) is 4.21. The summed E-state index contributed by atoms with van der Waals surface area (Å²) in [5.41, 5.74) is 2.67. The Kier molecular flexibility index (Phi) is 6.16. The summed E-state index contributed by atoms with van der Waals surface area (Å²) in [6.07, 6.45) is 1.22. The van der Waals surface area contributed by atoms with Gasteiger partial charge in [0.05, 0.1) is 0 Å². The summed E-state index contributed by atoms with van der Waals surface area (Å²) >= 11 is 3.56. The third kappa shape index (κ3) is 4.29. The molecule has 2 nitrogen and oxygen atoms in total. The molecule has 102 valence electrons. The van der Waals surface area contributed by atoms with Crippen molar-refractivity contribution in [3.8, 4) is 0 Å². The predicted molar refractivity (Wildman–Crippen MR) is 84.3 cm³/mol. The first-order valence-electron chi connectivity index (χ1n) is 6.63. The summed E-state index contributed by atoms with van der Waals surface area (Å²) in [6, 6.07) is 6.89. The van der Waals surface area contributed by atoms with E-state index in [0.717, 1.165) is 16.9 Å². The molecule has 0 heterocycles. The molecule has 3 heteroatoms. The Morgan fingerprint density at radius 3 is 2.50 bits per heavy atom. The van der Waals surface area contributed by atoms with Gasteiger partial charge >= 0.3 is 0 Å². The Balaban J connectivity index is 2.92. The molecule has 0 radical (unpaired) electrons. The van der Waals surface area contributed by atoms with Crippen molar-refractivity contribution in [2.24, 2.45) is 5.92 Å². The van der Waals surface area contributed by atoms with E-state index in [9.17, 15) is 0 Å². The standard InChI is InChI=1S/C15H25BrN2/c1-11(2)8-9-18(5)15-7-6-13(16)10-14(15)12(3)17-4/h6-7,10-12,17H,8-9H2,1-5H3. The molecule has 1 aromatic carbocycles. The molecule has 0 amide bonds. The van der Waals surface area contributed by atoms with Gasteiger partial charge in [0.2, 0.25) is 0 Å². The smallest absolute Gasteiger partial charge is 0.0412 e. The first kappa shape index (κ1) is 15.5. The average molecular weight is 313 g/mol. The minimum absolute atomic E-state index is 0.360. The van der Waals surface area contributed by atoms with Crippen molar-refractivity contribution in [1.82, 2.24) is 5.32 Å². The van der Waals surface area contributed by atoms with Crippen molar-refractivity contribution in [3.63, 3.8) is 0 Å². The molecule has 0 fully saturated rings. The summed E-state index contributed by atoms with van der Waals surface area (Å²) < 4.78 is 1.14. The van der Waals surface area contributed by atoms with Crippen LogP contribution in [-0.4, -0.2) is 20.6 Å². The lowest BCUT2D eigenvalue weighted by Gasteiger charge is -2.26. The average Bonchev–Trinajstić information content (AvgIpc) is 2.34. The van der Waals surface area contributed by atoms with Crippen molar-refractivity contribution in [2.45, 2.75) is 33.2 Å². The summed E-state index contributed by atoms with van der Waals surface area (Å²) in [4.78, 5) is 2.36. The first-order valence-corrected chi connectivity index (χ1v) is 7.42. The van der Waals surface area contributed by atoms with Crippen molar-refractivity contribution < 1.29 is 0 Å². The topological polar surface area (TPSA) is 15.3 Å². The molecule has 0 saturated carbocycles. The largest absolute Gasteiger partial charge is 0.374 e. The SMILES string of the molecule is CNC(C)c1cc(Br)ccc1N(C)CCC(C)C. The van der Waals surface area contributed by atoms with Crippen LogP contribution >= 0.6 is 15.9 Å². The Morgan fingerprint density at radius 2 is 1.94 bits per heavy atom. The second-order valence-corrected chi connectivity index (χ2v) is 6.23. The number of nitrogens with one attached hydrogen (secondary N) is 1. The molecule has 1 rings (SSSR count). The van der Waals surface area contributed by atoms with Crippen LogP contribution in [0.3, 0.4) is 0 Å². The van der Waals surface area contributed by atoms with E-state index in [-0.39, 0.29) is 0 Å². The van der Waals surface area contributed by atoms with Crippen LogP contribution in [0, 0.1) is 5.92 Å². The van der Waals surface area contributed by atoms with Gasteiger partial charge in [-0.25, -0.2) is 0 Å². The normalized spacial score (nSPS) is 12.8. The number of hydrogen-bond donors (Lipinski definition) is 1. The molecule has 0 aromatic heterocycles. The molecule has 1 N–H and O–H groups in total. The van der Waals surface area contributed by atoms with Crippen LogP contribution in [0.2, 0.25) is 0 Å². The molecule has 1 atom stereocenters. The van der Waals surface area contributed by atoms with Crippen LogP contribution in [0.5, 0.6) is 0 Å². The molecule has 0 aliphatic rings. The van der Waals surface area contributed by atoms with Gasteiger partial charge in [-0.15, -0.1) is 0 Å². The second kappa shape index (κ2) is 7.15. The van der Waals surface area contributed by atoms with Gasteiger partial charge in [-0.3, -0.25) is 0 Å². The van der Waals surface area contributed by atoms with E-state index in [4.69, 9.17) is 0 Å². The number of hydrogen-bond acceptors (Lipinski definition) is 2. The van der Waals surface area contributed by atoms with Crippen molar-refractivity contribution in [3.05, 3.63) is 28.2 Å². The first-order chi connectivity index (χ1) is 8.45. The van der Waals surface area contributed by atoms with Crippen LogP contribution in [0.1, 0.15) is 38.8 Å². The third-order valence-corrected chi connectivity index (χ3v) is 3.84. The highest BCUT2D eigenvalue weighted by Crippen LogP contribution is 2.29. The van der Waals surface area contributed by atoms with Crippen LogP contribution in [-0.2, 0) is 0 Å². The molecule has 0 spiro atoms. The van der Waals surface area contributed by atoms with Gasteiger partial charge in [-0.1, -0.05) is 29.8 Å². The van der Waals surface area contributed by atoms with Crippen molar-refractivity contribution in [1.29, 1.82) is 0 Å². The van der Waals surface area contributed by atoms with Crippen LogP contribution in [0.4, 0.5) is 5.69 Å². The van der Waals surface area contributed by atoms with Crippen LogP contribution < -0.4 is 10.2 Å². The molecule has 0 saturated heterocycles. The van der Waals surface area contributed by atoms with Gasteiger partial charge in [0.1, 0.15) is 0 Å². The summed E-state index contributed by atoms with van der Waals surface area (Å²) in [5, 5.41) is 3.32. The lowest BCUT2D eigenvalue weighted by molar-refractivity contribution is 0.582. The number of rotatable bonds is 6. The van der Waals surface area contributed by atoms with Crippen LogP contribution in [0.15, 0.2) is 22.7 Å². The molecule has 0 aliphatic carbocycles. The molecule has 1 unspecified atom stereocenters. The Morgan fingerprint density at radius 1 is 1.28 bits per heavy atom. The fourth-order valence-corrected chi connectivity index (χ4v) is 2.33. The highest BCUT2D eigenvalue weighted by Gasteiger charge is 2.13. The minimum atomic E-state index is 0.360. The number of halogens is 1. The fraction of sp³-hybridized carbons (Fsp3) is 0.600. The Hall–Kier alpha value is -0.540. The lowest BCUT2D eigenvalue weighted by Crippen LogP contribution is -2.23. The van der Waals surface area contributed by atoms with Crippen molar-refractivity contribution >= 4 is 21.6 Å². The van der Waals surface area contributed by atoms with E-state index >= 15 is 0 Å². The third-order valence-electron chi connectivity index (χ3n) is 3.34. The number of nitrogens with zero attached hydrogens (tertiary/aromatic N) is 1. The van der Waals surface area contributed by atoms with Gasteiger partial charge in [0.25, 0.3) is 0 Å². The fourth-order valence-electron chi connectivity index (χ4n) is 1.95.